The molecule has 1 aromatic rings. The van der Waals surface area contributed by atoms with E-state index < -0.39 is 0 Å². The first kappa shape index (κ1) is 16.5. The lowest BCUT2D eigenvalue weighted by Crippen LogP contribution is -2.54. The number of aromatic nitrogens is 2. The van der Waals surface area contributed by atoms with Gasteiger partial charge in [-0.15, -0.1) is 0 Å². The van der Waals surface area contributed by atoms with Gasteiger partial charge in [-0.1, -0.05) is 0 Å². The van der Waals surface area contributed by atoms with Crippen molar-refractivity contribution in [1.82, 2.24) is 19.8 Å². The summed E-state index contributed by atoms with van der Waals surface area (Å²) in [6.45, 7) is 4.79. The predicted molar refractivity (Wildman–Crippen MR) is 87.8 cm³/mol. The van der Waals surface area contributed by atoms with Crippen LogP contribution in [0, 0.1) is 0 Å². The Bertz CT molecular complexity index is 615. The highest BCUT2D eigenvalue weighted by Gasteiger charge is 2.36. The Labute approximate surface area is 141 Å². The molecule has 0 radical (unpaired) electrons. The number of rotatable bonds is 3. The van der Waals surface area contributed by atoms with Crippen molar-refractivity contribution >= 4 is 17.8 Å². The van der Waals surface area contributed by atoms with Crippen molar-refractivity contribution in [3.8, 4) is 5.88 Å². The second kappa shape index (κ2) is 7.02. The Morgan fingerprint density at radius 3 is 2.62 bits per heavy atom. The van der Waals surface area contributed by atoms with Crippen molar-refractivity contribution < 1.29 is 14.3 Å². The van der Waals surface area contributed by atoms with E-state index in [-0.39, 0.29) is 17.9 Å². The van der Waals surface area contributed by atoms with E-state index in [0.717, 1.165) is 12.8 Å². The van der Waals surface area contributed by atoms with Gasteiger partial charge in [0.1, 0.15) is 6.04 Å². The number of piperazine rings is 1. The number of likely N-dealkylation sites (tertiary alicyclic amines) is 1. The summed E-state index contributed by atoms with van der Waals surface area (Å²) in [6, 6.07) is 1.42. The first-order valence-electron chi connectivity index (χ1n) is 8.28. The molecule has 3 heterocycles. The second-order valence-electron chi connectivity index (χ2n) is 6.08. The molecule has 130 valence electrons. The van der Waals surface area contributed by atoms with Crippen LogP contribution < -0.4 is 9.64 Å². The molecule has 0 aromatic carbocycles. The van der Waals surface area contributed by atoms with Crippen molar-refractivity contribution in [3.63, 3.8) is 0 Å². The Morgan fingerprint density at radius 1 is 1.21 bits per heavy atom. The SMILES string of the molecule is COc1ccnc(N2CCN(C(=O)C3CCCN3C(C)=O)CC2)n1. The molecule has 0 aliphatic carbocycles. The molecule has 2 fully saturated rings. The van der Waals surface area contributed by atoms with Crippen LogP contribution in [-0.4, -0.2) is 77.5 Å². The molecule has 2 amide bonds. The fourth-order valence-corrected chi connectivity index (χ4v) is 3.34. The smallest absolute Gasteiger partial charge is 0.245 e. The zero-order valence-corrected chi connectivity index (χ0v) is 14.1. The van der Waals surface area contributed by atoms with Gasteiger partial charge in [-0.3, -0.25) is 9.59 Å². The van der Waals surface area contributed by atoms with Crippen LogP contribution in [-0.2, 0) is 9.59 Å². The van der Waals surface area contributed by atoms with Gasteiger partial charge in [0, 0.05) is 51.9 Å². The lowest BCUT2D eigenvalue weighted by Gasteiger charge is -2.37. The highest BCUT2D eigenvalue weighted by molar-refractivity contribution is 5.87. The predicted octanol–water partition coefficient (Wildman–Crippen LogP) is 0.145. The topological polar surface area (TPSA) is 78.9 Å². The van der Waals surface area contributed by atoms with Crippen LogP contribution in [0.4, 0.5) is 5.95 Å². The van der Waals surface area contributed by atoms with E-state index in [0.29, 0.717) is 44.6 Å². The molecule has 2 aliphatic rings. The number of ether oxygens (including phenoxy) is 1. The minimum atomic E-state index is -0.290. The summed E-state index contributed by atoms with van der Waals surface area (Å²) >= 11 is 0. The fourth-order valence-electron chi connectivity index (χ4n) is 3.34. The summed E-state index contributed by atoms with van der Waals surface area (Å²) in [6.07, 6.45) is 3.33. The molecule has 8 nitrogen and oxygen atoms in total. The first-order valence-corrected chi connectivity index (χ1v) is 8.28. The lowest BCUT2D eigenvalue weighted by atomic mass is 10.1. The maximum absolute atomic E-state index is 12.7. The van der Waals surface area contributed by atoms with Crippen molar-refractivity contribution in [2.75, 3.05) is 44.7 Å². The third-order valence-corrected chi connectivity index (χ3v) is 4.64. The summed E-state index contributed by atoms with van der Waals surface area (Å²) in [7, 11) is 1.57. The summed E-state index contributed by atoms with van der Waals surface area (Å²) in [5, 5.41) is 0. The van der Waals surface area contributed by atoms with Gasteiger partial charge in [-0.05, 0) is 12.8 Å². The van der Waals surface area contributed by atoms with Crippen LogP contribution in [0.1, 0.15) is 19.8 Å². The first-order chi connectivity index (χ1) is 11.6. The number of carbonyl (C=O) groups is 2. The number of amides is 2. The molecule has 2 aliphatic heterocycles. The highest BCUT2D eigenvalue weighted by Crippen LogP contribution is 2.21. The number of methoxy groups -OCH3 is 1. The van der Waals surface area contributed by atoms with Crippen LogP contribution >= 0.6 is 0 Å². The normalized spacial score (nSPS) is 21.1. The Balaban J connectivity index is 1.60. The summed E-state index contributed by atoms with van der Waals surface area (Å²) in [5.74, 6) is 1.19. The minimum Gasteiger partial charge on any atom is -0.481 e. The van der Waals surface area contributed by atoms with Gasteiger partial charge >= 0.3 is 0 Å². The van der Waals surface area contributed by atoms with Gasteiger partial charge in [0.25, 0.3) is 0 Å². The molecule has 0 bridgehead atoms. The zero-order chi connectivity index (χ0) is 17.1. The van der Waals surface area contributed by atoms with Gasteiger partial charge in [0.15, 0.2) is 0 Å². The summed E-state index contributed by atoms with van der Waals surface area (Å²) in [4.78, 5) is 38.6. The molecular weight excluding hydrogens is 310 g/mol. The van der Waals surface area contributed by atoms with Crippen LogP contribution in [0.3, 0.4) is 0 Å². The monoisotopic (exact) mass is 333 g/mol. The van der Waals surface area contributed by atoms with E-state index in [1.165, 1.54) is 6.92 Å². The Morgan fingerprint density at radius 2 is 1.96 bits per heavy atom. The van der Waals surface area contributed by atoms with Crippen LogP contribution in [0.2, 0.25) is 0 Å². The van der Waals surface area contributed by atoms with E-state index in [1.807, 2.05) is 9.80 Å². The van der Waals surface area contributed by atoms with E-state index in [9.17, 15) is 9.59 Å². The Kier molecular flexibility index (Phi) is 4.82. The third kappa shape index (κ3) is 3.27. The van der Waals surface area contributed by atoms with Gasteiger partial charge in [-0.2, -0.15) is 4.98 Å². The molecule has 1 atom stereocenters. The average molecular weight is 333 g/mol. The molecule has 1 unspecified atom stereocenters. The largest absolute Gasteiger partial charge is 0.481 e. The van der Waals surface area contributed by atoms with E-state index in [2.05, 4.69) is 9.97 Å². The molecule has 1 aromatic heterocycles. The number of carbonyl (C=O) groups excluding carboxylic acids is 2. The molecule has 8 heteroatoms. The molecule has 24 heavy (non-hydrogen) atoms. The fraction of sp³-hybridized carbons (Fsp3) is 0.625. The molecule has 3 rings (SSSR count). The van der Waals surface area contributed by atoms with Gasteiger partial charge < -0.3 is 19.4 Å². The average Bonchev–Trinajstić information content (AvgIpc) is 3.11. The van der Waals surface area contributed by atoms with E-state index in [4.69, 9.17) is 4.74 Å². The Hall–Kier alpha value is -2.38. The molecule has 0 spiro atoms. The van der Waals surface area contributed by atoms with Crippen LogP contribution in [0.25, 0.3) is 0 Å². The van der Waals surface area contributed by atoms with Gasteiger partial charge in [0.2, 0.25) is 23.6 Å². The maximum atomic E-state index is 12.7. The minimum absolute atomic E-state index is 0.0192. The maximum Gasteiger partial charge on any atom is 0.245 e. The van der Waals surface area contributed by atoms with Crippen molar-refractivity contribution in [2.45, 2.75) is 25.8 Å². The van der Waals surface area contributed by atoms with Crippen LogP contribution in [0.15, 0.2) is 12.3 Å². The molecular formula is C16H23N5O3. The highest BCUT2D eigenvalue weighted by atomic mass is 16.5. The molecule has 2 saturated heterocycles. The van der Waals surface area contributed by atoms with Crippen molar-refractivity contribution in [1.29, 1.82) is 0 Å². The van der Waals surface area contributed by atoms with Crippen molar-refractivity contribution in [3.05, 3.63) is 12.3 Å². The summed E-state index contributed by atoms with van der Waals surface area (Å²) < 4.78 is 5.13. The quantitative estimate of drug-likeness (QED) is 0.783. The van der Waals surface area contributed by atoms with E-state index >= 15 is 0 Å². The number of hydrogen-bond donors (Lipinski definition) is 0. The molecule has 0 saturated carbocycles. The van der Waals surface area contributed by atoms with Gasteiger partial charge in [-0.25, -0.2) is 4.98 Å². The zero-order valence-electron chi connectivity index (χ0n) is 14.1. The summed E-state index contributed by atoms with van der Waals surface area (Å²) in [5.41, 5.74) is 0. The number of anilines is 1. The lowest BCUT2D eigenvalue weighted by molar-refractivity contribution is -0.143. The second-order valence-corrected chi connectivity index (χ2v) is 6.08. The van der Waals surface area contributed by atoms with E-state index in [1.54, 1.807) is 24.3 Å². The number of hydrogen-bond acceptors (Lipinski definition) is 6. The third-order valence-electron chi connectivity index (χ3n) is 4.64. The number of nitrogens with zero attached hydrogens (tertiary/aromatic N) is 5. The van der Waals surface area contributed by atoms with Gasteiger partial charge in [0.05, 0.1) is 7.11 Å². The molecule has 0 N–H and O–H groups in total. The van der Waals surface area contributed by atoms with Crippen molar-refractivity contribution in [2.24, 2.45) is 0 Å². The van der Waals surface area contributed by atoms with Crippen LogP contribution in [0.5, 0.6) is 5.88 Å². The standard InChI is InChI=1S/C16H23N5O3/c1-12(22)21-7-3-4-13(21)15(23)19-8-10-20(11-9-19)16-17-6-5-14(18-16)24-2/h5-6,13H,3-4,7-11H2,1-2H3.